The van der Waals surface area contributed by atoms with E-state index in [1.807, 2.05) is 4.90 Å². The van der Waals surface area contributed by atoms with Crippen LogP contribution < -0.4 is 4.90 Å². The molecule has 4 rings (SSSR count). The van der Waals surface area contributed by atoms with E-state index in [0.717, 1.165) is 24.6 Å². The van der Waals surface area contributed by atoms with Crippen LogP contribution >= 0.6 is 0 Å². The summed E-state index contributed by atoms with van der Waals surface area (Å²) in [6.07, 6.45) is 3.06. The van der Waals surface area contributed by atoms with Crippen LogP contribution in [-0.2, 0) is 0 Å². The Morgan fingerprint density at radius 1 is 1.17 bits per heavy atom. The largest absolute Gasteiger partial charge is 0.472 e. The van der Waals surface area contributed by atoms with Gasteiger partial charge in [0.15, 0.2) is 0 Å². The standard InChI is InChI=1S/C25H29N3O2/c1-17(2)24-22(20-7-5-6-18(3)14-20)8-9-23(26-24)27-11-12-28(19(4)15-27)25(29)21-10-13-30-16-21/h5-10,13-14,16-17,19H,11-12,15H2,1-4H3. The third-order valence-corrected chi connectivity index (χ3v) is 5.77. The van der Waals surface area contributed by atoms with Gasteiger partial charge in [0.25, 0.3) is 5.91 Å². The van der Waals surface area contributed by atoms with E-state index in [0.29, 0.717) is 18.0 Å². The van der Waals surface area contributed by atoms with Crippen LogP contribution in [0.3, 0.4) is 0 Å². The van der Waals surface area contributed by atoms with E-state index >= 15 is 0 Å². The molecule has 1 unspecified atom stereocenters. The number of amides is 1. The zero-order valence-electron chi connectivity index (χ0n) is 18.1. The number of anilines is 1. The molecule has 2 aromatic heterocycles. The van der Waals surface area contributed by atoms with E-state index in [-0.39, 0.29) is 11.9 Å². The average molecular weight is 404 g/mol. The number of hydrogen-bond donors (Lipinski definition) is 0. The summed E-state index contributed by atoms with van der Waals surface area (Å²) in [5.41, 5.74) is 5.38. The van der Waals surface area contributed by atoms with Crippen LogP contribution in [0.5, 0.6) is 0 Å². The fourth-order valence-corrected chi connectivity index (χ4v) is 4.16. The zero-order chi connectivity index (χ0) is 21.3. The van der Waals surface area contributed by atoms with Gasteiger partial charge in [-0.3, -0.25) is 4.79 Å². The molecular weight excluding hydrogens is 374 g/mol. The maximum Gasteiger partial charge on any atom is 0.257 e. The highest BCUT2D eigenvalue weighted by Gasteiger charge is 2.29. The van der Waals surface area contributed by atoms with Crippen LogP contribution in [0.1, 0.15) is 48.3 Å². The van der Waals surface area contributed by atoms with Crippen LogP contribution in [0.4, 0.5) is 5.82 Å². The van der Waals surface area contributed by atoms with Crippen molar-refractivity contribution in [3.8, 4) is 11.1 Å². The van der Waals surface area contributed by atoms with E-state index in [2.05, 4.69) is 69.0 Å². The molecule has 30 heavy (non-hydrogen) atoms. The molecule has 0 bridgehead atoms. The van der Waals surface area contributed by atoms with E-state index in [4.69, 9.17) is 9.40 Å². The summed E-state index contributed by atoms with van der Waals surface area (Å²) < 4.78 is 5.07. The number of nitrogens with zero attached hydrogens (tertiary/aromatic N) is 3. The van der Waals surface area contributed by atoms with Crippen molar-refractivity contribution >= 4 is 11.7 Å². The highest BCUT2D eigenvalue weighted by Crippen LogP contribution is 2.31. The van der Waals surface area contributed by atoms with Crippen LogP contribution in [0.2, 0.25) is 0 Å². The Bertz CT molecular complexity index is 1030. The van der Waals surface area contributed by atoms with E-state index in [1.165, 1.54) is 23.0 Å². The minimum atomic E-state index is 0.0292. The van der Waals surface area contributed by atoms with Crippen molar-refractivity contribution in [3.63, 3.8) is 0 Å². The molecule has 0 N–H and O–H groups in total. The molecule has 5 heteroatoms. The van der Waals surface area contributed by atoms with Gasteiger partial charge in [-0.1, -0.05) is 43.7 Å². The summed E-state index contributed by atoms with van der Waals surface area (Å²) in [4.78, 5) is 22.0. The molecular formula is C25H29N3O2. The molecule has 0 saturated carbocycles. The Hall–Kier alpha value is -3.08. The van der Waals surface area contributed by atoms with Gasteiger partial charge >= 0.3 is 0 Å². The monoisotopic (exact) mass is 403 g/mol. The van der Waals surface area contributed by atoms with Gasteiger partial charge in [-0.25, -0.2) is 4.98 Å². The first-order valence-corrected chi connectivity index (χ1v) is 10.6. The Morgan fingerprint density at radius 2 is 2.00 bits per heavy atom. The first-order valence-electron chi connectivity index (χ1n) is 10.6. The van der Waals surface area contributed by atoms with Gasteiger partial charge in [-0.05, 0) is 43.5 Å². The van der Waals surface area contributed by atoms with Gasteiger partial charge in [-0.2, -0.15) is 0 Å². The normalized spacial score (nSPS) is 16.9. The van der Waals surface area contributed by atoms with Gasteiger partial charge < -0.3 is 14.2 Å². The second-order valence-corrected chi connectivity index (χ2v) is 8.43. The molecule has 1 amide bonds. The number of carbonyl (C=O) groups is 1. The first-order chi connectivity index (χ1) is 14.4. The minimum absolute atomic E-state index is 0.0292. The number of aryl methyl sites for hydroxylation is 1. The van der Waals surface area contributed by atoms with Crippen LogP contribution in [0.25, 0.3) is 11.1 Å². The first kappa shape index (κ1) is 20.2. The number of benzene rings is 1. The van der Waals surface area contributed by atoms with Crippen molar-refractivity contribution in [1.29, 1.82) is 0 Å². The maximum absolute atomic E-state index is 12.7. The minimum Gasteiger partial charge on any atom is -0.472 e. The predicted molar refractivity (Wildman–Crippen MR) is 120 cm³/mol. The van der Waals surface area contributed by atoms with Crippen molar-refractivity contribution in [2.24, 2.45) is 0 Å². The number of carbonyl (C=O) groups excluding carboxylic acids is 1. The quantitative estimate of drug-likeness (QED) is 0.606. The Balaban J connectivity index is 1.56. The summed E-state index contributed by atoms with van der Waals surface area (Å²) in [6.45, 7) is 10.8. The zero-order valence-corrected chi connectivity index (χ0v) is 18.1. The number of hydrogen-bond acceptors (Lipinski definition) is 4. The number of aromatic nitrogens is 1. The molecule has 1 aliphatic heterocycles. The summed E-state index contributed by atoms with van der Waals surface area (Å²) in [5, 5.41) is 0. The lowest BCUT2D eigenvalue weighted by Crippen LogP contribution is -2.54. The molecule has 5 nitrogen and oxygen atoms in total. The summed E-state index contributed by atoms with van der Waals surface area (Å²) in [5.74, 6) is 1.33. The summed E-state index contributed by atoms with van der Waals surface area (Å²) in [7, 11) is 0. The molecule has 1 atom stereocenters. The molecule has 1 saturated heterocycles. The molecule has 156 valence electrons. The molecule has 3 aromatic rings. The van der Waals surface area contributed by atoms with Gasteiger partial charge in [0.05, 0.1) is 17.5 Å². The summed E-state index contributed by atoms with van der Waals surface area (Å²) in [6, 6.07) is 14.7. The van der Waals surface area contributed by atoms with Gasteiger partial charge in [-0.15, -0.1) is 0 Å². The third kappa shape index (κ3) is 3.97. The predicted octanol–water partition coefficient (Wildman–Crippen LogP) is 5.12. The van der Waals surface area contributed by atoms with Crippen molar-refractivity contribution < 1.29 is 9.21 Å². The van der Waals surface area contributed by atoms with E-state index < -0.39 is 0 Å². The molecule has 1 fully saturated rings. The second kappa shape index (κ2) is 8.34. The molecule has 0 radical (unpaired) electrons. The SMILES string of the molecule is Cc1cccc(-c2ccc(N3CCN(C(=O)c4ccoc4)C(C)C3)nc2C(C)C)c1. The average Bonchev–Trinajstić information content (AvgIpc) is 3.27. The highest BCUT2D eigenvalue weighted by atomic mass is 16.3. The fourth-order valence-electron chi connectivity index (χ4n) is 4.16. The number of pyridine rings is 1. The maximum atomic E-state index is 12.7. The van der Waals surface area contributed by atoms with Crippen LogP contribution in [0.15, 0.2) is 59.4 Å². The number of rotatable bonds is 4. The van der Waals surface area contributed by atoms with Gasteiger partial charge in [0, 0.05) is 31.2 Å². The van der Waals surface area contributed by atoms with Gasteiger partial charge in [0.1, 0.15) is 12.1 Å². The van der Waals surface area contributed by atoms with Crippen LogP contribution in [-0.4, -0.2) is 41.5 Å². The van der Waals surface area contributed by atoms with Gasteiger partial charge in [0.2, 0.25) is 0 Å². The Morgan fingerprint density at radius 3 is 2.67 bits per heavy atom. The lowest BCUT2D eigenvalue weighted by atomic mass is 9.96. The van der Waals surface area contributed by atoms with E-state index in [1.54, 1.807) is 12.3 Å². The topological polar surface area (TPSA) is 49.6 Å². The molecule has 3 heterocycles. The summed E-state index contributed by atoms with van der Waals surface area (Å²) >= 11 is 0. The van der Waals surface area contributed by atoms with Crippen molar-refractivity contribution in [3.05, 3.63) is 71.8 Å². The molecule has 1 aliphatic rings. The third-order valence-electron chi connectivity index (χ3n) is 5.77. The number of furan rings is 1. The lowest BCUT2D eigenvalue weighted by molar-refractivity contribution is 0.0673. The van der Waals surface area contributed by atoms with Crippen molar-refractivity contribution in [1.82, 2.24) is 9.88 Å². The van der Waals surface area contributed by atoms with Crippen molar-refractivity contribution in [2.75, 3.05) is 24.5 Å². The smallest absolute Gasteiger partial charge is 0.257 e. The fraction of sp³-hybridized carbons (Fsp3) is 0.360. The Labute approximate surface area is 178 Å². The molecule has 1 aromatic carbocycles. The lowest BCUT2D eigenvalue weighted by Gasteiger charge is -2.40. The second-order valence-electron chi connectivity index (χ2n) is 8.43. The van der Waals surface area contributed by atoms with Crippen LogP contribution in [0, 0.1) is 6.92 Å². The number of piperazine rings is 1. The molecule has 0 spiro atoms. The van der Waals surface area contributed by atoms with E-state index in [9.17, 15) is 4.79 Å². The Kier molecular flexibility index (Phi) is 5.62. The molecule has 0 aliphatic carbocycles. The highest BCUT2D eigenvalue weighted by molar-refractivity contribution is 5.94. The van der Waals surface area contributed by atoms with Crippen molar-refractivity contribution in [2.45, 2.75) is 39.7 Å².